The van der Waals surface area contributed by atoms with Crippen LogP contribution in [-0.2, 0) is 17.3 Å². The molecule has 0 saturated heterocycles. The molecule has 0 aliphatic rings. The molecule has 0 radical (unpaired) electrons. The van der Waals surface area contributed by atoms with Gasteiger partial charge in [-0.1, -0.05) is 0 Å². The number of aryl methyl sites for hydroxylation is 2. The molecule has 6 aromatic rings. The average molecular weight is 1140 g/mol. The fourth-order valence-electron chi connectivity index (χ4n) is 5.15. The van der Waals surface area contributed by atoms with Crippen molar-refractivity contribution in [3.05, 3.63) is 144 Å². The van der Waals surface area contributed by atoms with E-state index in [4.69, 9.17) is 80.3 Å². The van der Waals surface area contributed by atoms with E-state index in [2.05, 4.69) is 97.1 Å². The van der Waals surface area contributed by atoms with E-state index in [0.717, 1.165) is 33.7 Å². The molecule has 6 rings (SSSR count). The van der Waals surface area contributed by atoms with Gasteiger partial charge in [-0.25, -0.2) is 0 Å². The summed E-state index contributed by atoms with van der Waals surface area (Å²) in [7, 11) is 53.5. The first-order valence-corrected chi connectivity index (χ1v) is 53.9. The molecule has 0 atom stereocenters. The summed E-state index contributed by atoms with van der Waals surface area (Å²) in [4.78, 5) is 0. The predicted molar refractivity (Wildman–Crippen MR) is 227 cm³/mol. The Morgan fingerprint density at radius 2 is 0.688 bits per heavy atom. The minimum atomic E-state index is -3.26. The van der Waals surface area contributed by atoms with E-state index < -0.39 is 45.0 Å². The molecule has 0 spiro atoms. The van der Waals surface area contributed by atoms with E-state index >= 15 is 0 Å². The molecule has 6 aromatic carbocycles. The van der Waals surface area contributed by atoms with Crippen LogP contribution >= 0.6 is 80.3 Å². The fraction of sp³-hybridized carbons (Fsp3) is 0.167. The van der Waals surface area contributed by atoms with Gasteiger partial charge in [-0.2, -0.15) is 0 Å². The maximum atomic E-state index is 5.96. The van der Waals surface area contributed by atoms with Crippen LogP contribution in [0, 0.1) is 0 Å². The van der Waals surface area contributed by atoms with E-state index in [1.807, 2.05) is 30.3 Å². The first-order chi connectivity index (χ1) is 22.6. The molecule has 0 fully saturated rings. The quantitative estimate of drug-likeness (QED) is 0.127. The first-order valence-electron chi connectivity index (χ1n) is 15.3. The summed E-state index contributed by atoms with van der Waals surface area (Å²) >= 11 is -9.55. The summed E-state index contributed by atoms with van der Waals surface area (Å²) in [5, 5.41) is 7.48. The standard InChI is InChI=1S/C13H13.C12H11.C11H9.9ClH.3Sn/c1-2-5-11-8-9-12-6-3-4-7-13(12)10-11;1-2-10-7-8-11-5-3-4-6-12(11)9-10;1-9-6-7-10-4-2-3-5-11(10)8-9;;;;;;;;;;;;/h3-4,6-10H,1-2,5H2;3-9H,1-2H2;2-8H,1H2;9*1H;;;/q;;;;;;;;;;;;3*+3/p-9. The van der Waals surface area contributed by atoms with Crippen LogP contribution in [0.3, 0.4) is 0 Å². The van der Waals surface area contributed by atoms with Crippen LogP contribution in [0.15, 0.2) is 127 Å². The molecule has 0 aromatic heterocycles. The second kappa shape index (κ2) is 20.0. The van der Waals surface area contributed by atoms with Crippen LogP contribution in [0.2, 0.25) is 8.87 Å². The van der Waals surface area contributed by atoms with Crippen LogP contribution in [0.5, 0.6) is 0 Å². The molecule has 0 nitrogen and oxygen atoms in total. The van der Waals surface area contributed by atoms with Crippen molar-refractivity contribution < 1.29 is 0 Å². The molecular formula is C36H33Cl9Sn3. The maximum absolute atomic E-state index is 5.96. The third-order valence-corrected chi connectivity index (χ3v) is 25.0. The third-order valence-electron chi connectivity index (χ3n) is 7.47. The summed E-state index contributed by atoms with van der Waals surface area (Å²) in [6.45, 7) is 0. The van der Waals surface area contributed by atoms with Crippen molar-refractivity contribution in [3.8, 4) is 0 Å². The van der Waals surface area contributed by atoms with Gasteiger partial charge in [0.2, 0.25) is 0 Å². The van der Waals surface area contributed by atoms with Crippen LogP contribution in [0.4, 0.5) is 0 Å². The second-order valence-corrected chi connectivity index (χ2v) is 76.5. The van der Waals surface area contributed by atoms with Gasteiger partial charge in [-0.05, 0) is 0 Å². The van der Waals surface area contributed by atoms with Crippen molar-refractivity contribution in [1.29, 1.82) is 0 Å². The Bertz CT molecular complexity index is 1920. The zero-order chi connectivity index (χ0) is 34.8. The minimum absolute atomic E-state index is 0.643. The third kappa shape index (κ3) is 16.0. The van der Waals surface area contributed by atoms with E-state index in [9.17, 15) is 0 Å². The summed E-state index contributed by atoms with van der Waals surface area (Å²) < 4.78 is 2.19. The van der Waals surface area contributed by atoms with Gasteiger partial charge in [0, 0.05) is 0 Å². The Labute approximate surface area is 329 Å². The van der Waals surface area contributed by atoms with Crippen LogP contribution in [-0.4, -0.2) is 45.0 Å². The molecule has 48 heavy (non-hydrogen) atoms. The van der Waals surface area contributed by atoms with Gasteiger partial charge in [-0.15, -0.1) is 0 Å². The Morgan fingerprint density at radius 3 is 1.08 bits per heavy atom. The summed E-state index contributed by atoms with van der Waals surface area (Å²) in [5.74, 6) is 0. The molecule has 252 valence electrons. The first kappa shape index (κ1) is 41.9. The predicted octanol–water partition coefficient (Wildman–Crippen LogP) is 15.0. The number of benzene rings is 6. The number of fused-ring (bicyclic) bond motifs is 3. The summed E-state index contributed by atoms with van der Waals surface area (Å²) in [5.41, 5.74) is 3.70. The number of hydrogen-bond donors (Lipinski definition) is 0. The van der Waals surface area contributed by atoms with E-state index in [-0.39, 0.29) is 0 Å². The number of rotatable bonds is 9. The van der Waals surface area contributed by atoms with Gasteiger partial charge in [0.15, 0.2) is 0 Å². The molecule has 0 aliphatic carbocycles. The Hall–Kier alpha value is 1.11. The van der Waals surface area contributed by atoms with Gasteiger partial charge in [0.25, 0.3) is 0 Å². The van der Waals surface area contributed by atoms with Gasteiger partial charge >= 0.3 is 334 Å². The summed E-state index contributed by atoms with van der Waals surface area (Å²) in [6, 6.07) is 44.1. The van der Waals surface area contributed by atoms with E-state index in [0.29, 0.717) is 4.44 Å². The molecule has 0 heterocycles. The second-order valence-electron chi connectivity index (χ2n) is 11.4. The van der Waals surface area contributed by atoms with E-state index in [1.165, 1.54) is 43.4 Å². The molecule has 0 aliphatic heterocycles. The van der Waals surface area contributed by atoms with Crippen molar-refractivity contribution >= 4 is 158 Å². The van der Waals surface area contributed by atoms with Crippen LogP contribution in [0.25, 0.3) is 32.3 Å². The molecule has 12 heteroatoms. The van der Waals surface area contributed by atoms with Crippen molar-refractivity contribution in [2.45, 2.75) is 32.6 Å². The van der Waals surface area contributed by atoms with Gasteiger partial charge in [-0.3, -0.25) is 0 Å². The Kier molecular flexibility index (Phi) is 17.4. The molecule has 0 N–H and O–H groups in total. The average Bonchev–Trinajstić information content (AvgIpc) is 3.02. The zero-order valence-electron chi connectivity index (χ0n) is 25.8. The monoisotopic (exact) mass is 1140 g/mol. The number of hydrogen-bond acceptors (Lipinski definition) is 0. The molecule has 0 amide bonds. The summed E-state index contributed by atoms with van der Waals surface area (Å²) in [6.07, 6.45) is 2.85. The molecule has 0 saturated carbocycles. The van der Waals surface area contributed by atoms with Crippen molar-refractivity contribution in [2.75, 3.05) is 0 Å². The Balaban J connectivity index is 0.000000163. The van der Waals surface area contributed by atoms with Gasteiger partial charge < -0.3 is 0 Å². The topological polar surface area (TPSA) is 0 Å². The van der Waals surface area contributed by atoms with Gasteiger partial charge in [0.1, 0.15) is 0 Å². The molecular weight excluding hydrogens is 1110 g/mol. The molecule has 0 bridgehead atoms. The van der Waals surface area contributed by atoms with E-state index in [1.54, 1.807) is 0 Å². The van der Waals surface area contributed by atoms with Crippen LogP contribution in [0.1, 0.15) is 23.1 Å². The normalized spacial score (nSPS) is 11.9. The van der Waals surface area contributed by atoms with Crippen molar-refractivity contribution in [2.24, 2.45) is 0 Å². The van der Waals surface area contributed by atoms with Crippen LogP contribution < -0.4 is 0 Å². The fourth-order valence-corrected chi connectivity index (χ4v) is 18.1. The van der Waals surface area contributed by atoms with Gasteiger partial charge in [0.05, 0.1) is 0 Å². The number of halogens is 9. The Morgan fingerprint density at radius 1 is 0.333 bits per heavy atom. The molecule has 0 unspecified atom stereocenters. The zero-order valence-corrected chi connectivity index (χ0v) is 41.1. The van der Waals surface area contributed by atoms with Crippen molar-refractivity contribution in [1.82, 2.24) is 0 Å². The van der Waals surface area contributed by atoms with Crippen molar-refractivity contribution in [3.63, 3.8) is 0 Å². The SMILES string of the molecule is [Cl][Sn]([Cl])([Cl])[CH2]CCc1ccc2ccccc2c1.[Cl][Sn]([Cl])([Cl])[CH2]Cc1ccc2ccccc2c1.[Cl][Sn]([Cl])([Cl])[CH2]c1ccc2ccccc2c1.